The lowest BCUT2D eigenvalue weighted by molar-refractivity contribution is -0.174. The van der Waals surface area contributed by atoms with Gasteiger partial charge >= 0.3 is 35.8 Å². The van der Waals surface area contributed by atoms with E-state index in [1.54, 1.807) is 48.5 Å². The molecule has 0 aliphatic heterocycles. The molecule has 8 N–H and O–H groups in total. The molecule has 0 fully saturated rings. The number of carbonyl (C=O) groups excluding carboxylic acids is 6. The number of phenolic OH excluding ortho intramolecular Hbond substituents is 4. The molecule has 0 spiro atoms. The average Bonchev–Trinajstić information content (AvgIpc) is 0.789. The Morgan fingerprint density at radius 3 is 0.602 bits per heavy atom. The molecule has 0 saturated heterocycles. The highest BCUT2D eigenvalue weighted by molar-refractivity contribution is 7.81. The number of hydrogen-bond acceptors (Lipinski definition) is 31. The van der Waals surface area contributed by atoms with Crippen LogP contribution in [0.1, 0.15) is 72.6 Å². The predicted octanol–water partition coefficient (Wildman–Crippen LogP) is 5.64. The summed E-state index contributed by atoms with van der Waals surface area (Å²) in [6, 6.07) is 28.4. The van der Waals surface area contributed by atoms with E-state index in [2.05, 4.69) is 75.8 Å². The predicted molar refractivity (Wildman–Crippen MR) is 382 cm³/mol. The molecule has 0 heterocycles. The van der Waals surface area contributed by atoms with Crippen molar-refractivity contribution in [3.63, 3.8) is 0 Å². The molecule has 0 atom stereocenters. The van der Waals surface area contributed by atoms with Crippen molar-refractivity contribution >= 4 is 112 Å². The van der Waals surface area contributed by atoms with Crippen LogP contribution in [0.3, 0.4) is 0 Å². The topological polar surface area (TPSA) is 366 Å². The van der Waals surface area contributed by atoms with Gasteiger partial charge in [-0.1, -0.05) is 48.5 Å². The monoisotopic (exact) mass is 1490 g/mol. The second-order valence-electron chi connectivity index (χ2n) is 22.2. The van der Waals surface area contributed by atoms with Crippen molar-refractivity contribution in [3.8, 4) is 23.0 Å². The van der Waals surface area contributed by atoms with E-state index in [1.807, 2.05) is 48.5 Å². The summed E-state index contributed by atoms with van der Waals surface area (Å²) in [7, 11) is 0. The molecule has 0 unspecified atom stereocenters. The van der Waals surface area contributed by atoms with Crippen molar-refractivity contribution in [2.75, 3.05) is 167 Å². The average molecular weight is 1490 g/mol. The smallest absolute Gasteiger partial charge is 0.306 e. The number of aliphatic hydroxyl groups excluding tert-OH is 4. The number of phenols is 4. The SMILES string of the molecule is O=C(CCS)OCC(COCC(COC(=O)CCS)(COC(=O)CCS)COC(=O)CCS)(COC(=O)CCS)COC(=O)CCS.OCCOCC(COCCO)(COCCO)COCCO.Oc1ccc(C(c2ccc(O)cc2)C(c2ccc(O)cc2)c2ccc(O)cc2)cc1. The zero-order valence-electron chi connectivity index (χ0n) is 54.7. The summed E-state index contributed by atoms with van der Waals surface area (Å²) in [4.78, 5) is 73.8. The molecule has 0 saturated carbocycles. The van der Waals surface area contributed by atoms with Crippen molar-refractivity contribution in [2.45, 2.75) is 50.4 Å². The van der Waals surface area contributed by atoms with Crippen LogP contribution in [-0.2, 0) is 80.9 Å². The molecule has 4 rings (SSSR count). The highest BCUT2D eigenvalue weighted by atomic mass is 32.1. The zero-order valence-corrected chi connectivity index (χ0v) is 60.1. The number of hydrogen-bond donors (Lipinski definition) is 14. The summed E-state index contributed by atoms with van der Waals surface area (Å²) >= 11 is 24.2. The van der Waals surface area contributed by atoms with Crippen LogP contribution in [0.25, 0.3) is 0 Å². The number of esters is 6. The van der Waals surface area contributed by atoms with Gasteiger partial charge in [0.05, 0.1) is 147 Å². The first-order chi connectivity index (χ1) is 47.2. The van der Waals surface area contributed by atoms with E-state index in [0.717, 1.165) is 22.3 Å². The van der Waals surface area contributed by atoms with Gasteiger partial charge < -0.3 is 93.0 Å². The molecule has 4 aromatic carbocycles. The molecule has 0 bridgehead atoms. The van der Waals surface area contributed by atoms with E-state index in [9.17, 15) is 49.2 Å². The first-order valence-electron chi connectivity index (χ1n) is 31.3. The number of carbonyl (C=O) groups is 6. The van der Waals surface area contributed by atoms with E-state index in [-0.39, 0.29) is 240 Å². The van der Waals surface area contributed by atoms with Gasteiger partial charge in [0.1, 0.15) is 62.6 Å². The van der Waals surface area contributed by atoms with Crippen molar-refractivity contribution in [1.82, 2.24) is 0 Å². The van der Waals surface area contributed by atoms with Crippen LogP contribution >= 0.6 is 75.8 Å². The number of rotatable bonds is 49. The number of benzene rings is 4. The molecule has 31 heteroatoms. The molecular formula is C67H96O25S6. The third kappa shape index (κ3) is 36.8. The normalized spacial score (nSPS) is 11.4. The Hall–Kier alpha value is -5.36. The lowest BCUT2D eigenvalue weighted by Gasteiger charge is -2.35. The lowest BCUT2D eigenvalue weighted by Crippen LogP contribution is -2.47. The molecule has 25 nitrogen and oxygen atoms in total. The fourth-order valence-corrected chi connectivity index (χ4v) is 10.0. The minimum Gasteiger partial charge on any atom is -0.508 e. The Kier molecular flexibility index (Phi) is 47.6. The molecular weight excluding hydrogens is 1400 g/mol. The number of ether oxygens (including phenoxy) is 11. The van der Waals surface area contributed by atoms with E-state index in [1.165, 1.54) is 0 Å². The molecule has 0 aliphatic rings. The van der Waals surface area contributed by atoms with Gasteiger partial charge in [-0.2, -0.15) is 75.8 Å². The minimum absolute atomic E-state index is 0.0189. The van der Waals surface area contributed by atoms with E-state index in [0.29, 0.717) is 0 Å². The van der Waals surface area contributed by atoms with Crippen LogP contribution in [0.4, 0.5) is 0 Å². The largest absolute Gasteiger partial charge is 0.508 e. The first kappa shape index (κ1) is 88.7. The molecule has 98 heavy (non-hydrogen) atoms. The van der Waals surface area contributed by atoms with Gasteiger partial charge in [0.15, 0.2) is 0 Å². The van der Waals surface area contributed by atoms with Crippen LogP contribution < -0.4 is 0 Å². The van der Waals surface area contributed by atoms with E-state index < -0.39 is 52.1 Å². The van der Waals surface area contributed by atoms with Crippen LogP contribution in [0.2, 0.25) is 0 Å². The van der Waals surface area contributed by atoms with Crippen molar-refractivity contribution in [1.29, 1.82) is 0 Å². The molecule has 0 aromatic heterocycles. The van der Waals surface area contributed by atoms with Crippen molar-refractivity contribution in [3.05, 3.63) is 119 Å². The Morgan fingerprint density at radius 1 is 0.276 bits per heavy atom. The van der Waals surface area contributed by atoms with Gasteiger partial charge in [0.25, 0.3) is 0 Å². The summed E-state index contributed by atoms with van der Waals surface area (Å²) in [5, 5.41) is 74.3. The van der Waals surface area contributed by atoms with E-state index >= 15 is 0 Å². The maximum Gasteiger partial charge on any atom is 0.306 e. The summed E-state index contributed by atoms with van der Waals surface area (Å²) in [5.74, 6) is -1.89. The molecule has 4 aromatic rings. The van der Waals surface area contributed by atoms with Gasteiger partial charge in [0.2, 0.25) is 0 Å². The maximum atomic E-state index is 12.3. The molecule has 0 radical (unpaired) electrons. The molecule has 0 amide bonds. The third-order valence-electron chi connectivity index (χ3n) is 13.9. The van der Waals surface area contributed by atoms with Gasteiger partial charge in [-0.05, 0) is 70.8 Å². The van der Waals surface area contributed by atoms with Gasteiger partial charge in [0, 0.05) is 46.4 Å². The van der Waals surface area contributed by atoms with Crippen molar-refractivity contribution in [2.24, 2.45) is 16.2 Å². The number of aromatic hydroxyl groups is 4. The Balaban J connectivity index is 0.000000544. The summed E-state index contributed by atoms with van der Waals surface area (Å²) < 4.78 is 60.1. The van der Waals surface area contributed by atoms with Crippen LogP contribution in [0.15, 0.2) is 97.1 Å². The Labute approximate surface area is 605 Å². The standard InChI is InChI=1S/C28H46O13S6.C26H22O4.C13H28O8/c29-21(1-7-42)36-15-27(16-37-22(30)2-8-43,17-38-23(31)3-9-44)13-35-14-28(18-39-24(32)4-10-45,19-40-25(33)5-11-46)20-41-26(34)6-12-47;27-21-9-1-17(2-10-21)25(18-3-11-22(28)12-4-18)26(19-5-13-23(29)14-6-19)20-7-15-24(30)16-8-20;14-1-5-18-9-13(10-19-6-2-15,11-20-7-3-16)12-21-8-4-17/h42-47H,1-20H2;1-16,25-30H;14-17H,1-12H2. The lowest BCUT2D eigenvalue weighted by atomic mass is 9.73. The fraction of sp³-hybridized carbons (Fsp3) is 0.552. The van der Waals surface area contributed by atoms with Crippen molar-refractivity contribution < 1.29 is 122 Å². The van der Waals surface area contributed by atoms with Gasteiger partial charge in [-0.25, -0.2) is 0 Å². The summed E-state index contributed by atoms with van der Waals surface area (Å²) in [6.07, 6.45) is -0.113. The summed E-state index contributed by atoms with van der Waals surface area (Å²) in [5.41, 5.74) is 0.507. The first-order valence-corrected chi connectivity index (χ1v) is 35.1. The third-order valence-corrected chi connectivity index (χ3v) is 15.2. The van der Waals surface area contributed by atoms with E-state index in [4.69, 9.17) is 72.5 Å². The molecule has 0 aliphatic carbocycles. The highest BCUT2D eigenvalue weighted by Crippen LogP contribution is 2.44. The zero-order chi connectivity index (χ0) is 72.5. The number of thiol groups is 6. The number of aliphatic hydroxyl groups is 4. The second-order valence-corrected chi connectivity index (χ2v) is 24.9. The van der Waals surface area contributed by atoms with Gasteiger partial charge in [-0.15, -0.1) is 0 Å². The van der Waals surface area contributed by atoms with Gasteiger partial charge in [-0.3, -0.25) is 28.8 Å². The summed E-state index contributed by atoms with van der Waals surface area (Å²) in [6.45, 7) is -1.74. The molecule has 550 valence electrons. The minimum atomic E-state index is -1.41. The Morgan fingerprint density at radius 2 is 0.439 bits per heavy atom. The Bertz CT molecular complexity index is 2410. The van der Waals surface area contributed by atoms with Crippen LogP contribution in [0, 0.1) is 16.2 Å². The fourth-order valence-electron chi connectivity index (χ4n) is 8.91. The van der Waals surface area contributed by atoms with Crippen LogP contribution in [0.5, 0.6) is 23.0 Å². The highest BCUT2D eigenvalue weighted by Gasteiger charge is 2.41. The second kappa shape index (κ2) is 52.6. The van der Waals surface area contributed by atoms with Crippen LogP contribution in [-0.4, -0.2) is 243 Å². The maximum absolute atomic E-state index is 12.3. The quantitative estimate of drug-likeness (QED) is 0.0110.